The lowest BCUT2D eigenvalue weighted by molar-refractivity contribution is -0.115. The molecular weight excluding hydrogens is 300 g/mol. The average molecular weight is 316 g/mol. The van der Waals surface area contributed by atoms with Crippen molar-refractivity contribution in [3.8, 4) is 0 Å². The van der Waals surface area contributed by atoms with E-state index in [2.05, 4.69) is 10.0 Å². The van der Waals surface area contributed by atoms with Crippen molar-refractivity contribution in [1.29, 1.82) is 0 Å². The van der Waals surface area contributed by atoms with Gasteiger partial charge in [-0.1, -0.05) is 24.3 Å². The zero-order chi connectivity index (χ0) is 15.7. The van der Waals surface area contributed by atoms with E-state index in [1.165, 1.54) is 0 Å². The molecule has 0 fully saturated rings. The summed E-state index contributed by atoms with van der Waals surface area (Å²) in [7, 11) is -3.50. The molecule has 5 nitrogen and oxygen atoms in total. The number of aryl methyl sites for hydroxylation is 1. The molecule has 0 spiro atoms. The first-order chi connectivity index (χ1) is 10.4. The molecule has 0 saturated carbocycles. The number of rotatable bonds is 4. The van der Waals surface area contributed by atoms with Crippen LogP contribution in [0.25, 0.3) is 0 Å². The number of hydrogen-bond donors (Lipinski definition) is 2. The number of amides is 1. The van der Waals surface area contributed by atoms with Crippen LogP contribution >= 0.6 is 0 Å². The van der Waals surface area contributed by atoms with Crippen molar-refractivity contribution in [2.45, 2.75) is 19.1 Å². The molecule has 1 amide bonds. The number of carbonyl (C=O) groups excluding carboxylic acids is 1. The van der Waals surface area contributed by atoms with Gasteiger partial charge in [-0.05, 0) is 41.8 Å². The zero-order valence-corrected chi connectivity index (χ0v) is 12.9. The van der Waals surface area contributed by atoms with Crippen molar-refractivity contribution in [3.63, 3.8) is 0 Å². The second-order valence-electron chi connectivity index (χ2n) is 5.38. The number of nitrogens with one attached hydrogen (secondary N) is 2. The Morgan fingerprint density at radius 3 is 2.73 bits per heavy atom. The molecule has 22 heavy (non-hydrogen) atoms. The molecule has 0 aliphatic carbocycles. The van der Waals surface area contributed by atoms with Gasteiger partial charge in [-0.25, -0.2) is 8.42 Å². The molecular formula is C16H16N2O3S. The Kier molecular flexibility index (Phi) is 3.62. The van der Waals surface area contributed by atoms with Crippen LogP contribution < -0.4 is 10.0 Å². The van der Waals surface area contributed by atoms with Crippen LogP contribution in [-0.4, -0.2) is 14.3 Å². The molecule has 114 valence electrons. The van der Waals surface area contributed by atoms with Crippen LogP contribution in [0.15, 0.2) is 42.5 Å². The molecule has 2 aromatic carbocycles. The first kappa shape index (κ1) is 14.6. The molecule has 3 rings (SSSR count). The SMILES string of the molecule is Cc1ccccc1CS(=O)(=O)Nc1ccc2c(c1)CC(=O)N2. The summed E-state index contributed by atoms with van der Waals surface area (Å²) in [6.45, 7) is 1.89. The van der Waals surface area contributed by atoms with E-state index in [1.54, 1.807) is 24.3 Å². The maximum atomic E-state index is 12.3. The van der Waals surface area contributed by atoms with Crippen molar-refractivity contribution in [1.82, 2.24) is 0 Å². The molecule has 1 aliphatic heterocycles. The first-order valence-corrected chi connectivity index (χ1v) is 8.56. The quantitative estimate of drug-likeness (QED) is 0.909. The van der Waals surface area contributed by atoms with Gasteiger partial charge in [-0.2, -0.15) is 0 Å². The third-order valence-electron chi connectivity index (χ3n) is 3.61. The third kappa shape index (κ3) is 3.12. The molecule has 2 aromatic rings. The standard InChI is InChI=1S/C16H16N2O3S/c1-11-4-2-3-5-12(11)10-22(20,21)18-14-6-7-15-13(8-14)9-16(19)17-15/h2-8,18H,9-10H2,1H3,(H,17,19). The van der Waals surface area contributed by atoms with E-state index in [9.17, 15) is 13.2 Å². The normalized spacial score (nSPS) is 13.6. The summed E-state index contributed by atoms with van der Waals surface area (Å²) in [5.74, 6) is -0.150. The fourth-order valence-electron chi connectivity index (χ4n) is 2.49. The minimum Gasteiger partial charge on any atom is -0.326 e. The number of sulfonamides is 1. The minimum atomic E-state index is -3.50. The predicted octanol–water partition coefficient (Wildman–Crippen LogP) is 2.43. The number of hydrogen-bond acceptors (Lipinski definition) is 3. The fraction of sp³-hybridized carbons (Fsp3) is 0.188. The molecule has 0 atom stereocenters. The van der Waals surface area contributed by atoms with E-state index in [-0.39, 0.29) is 18.1 Å². The summed E-state index contributed by atoms with van der Waals surface area (Å²) in [6, 6.07) is 12.5. The summed E-state index contributed by atoms with van der Waals surface area (Å²) in [5.41, 5.74) is 3.74. The van der Waals surface area contributed by atoms with Crippen LogP contribution in [0.3, 0.4) is 0 Å². The molecule has 1 heterocycles. The Labute approximate surface area is 129 Å². The van der Waals surface area contributed by atoms with Crippen molar-refractivity contribution in [2.24, 2.45) is 0 Å². The van der Waals surface area contributed by atoms with Gasteiger partial charge >= 0.3 is 0 Å². The van der Waals surface area contributed by atoms with Gasteiger partial charge in [0.2, 0.25) is 15.9 Å². The number of carbonyl (C=O) groups is 1. The monoisotopic (exact) mass is 316 g/mol. The van der Waals surface area contributed by atoms with Crippen LogP contribution in [0, 0.1) is 6.92 Å². The van der Waals surface area contributed by atoms with Gasteiger partial charge in [0.1, 0.15) is 0 Å². The molecule has 0 aromatic heterocycles. The summed E-state index contributed by atoms with van der Waals surface area (Å²) in [6.07, 6.45) is 0.280. The van der Waals surface area contributed by atoms with E-state index in [0.717, 1.165) is 22.4 Å². The Hall–Kier alpha value is -2.34. The smallest absolute Gasteiger partial charge is 0.236 e. The van der Waals surface area contributed by atoms with Crippen molar-refractivity contribution < 1.29 is 13.2 Å². The number of benzene rings is 2. The summed E-state index contributed by atoms with van der Waals surface area (Å²) >= 11 is 0. The average Bonchev–Trinajstić information content (AvgIpc) is 2.80. The summed E-state index contributed by atoms with van der Waals surface area (Å²) in [4.78, 5) is 11.3. The highest BCUT2D eigenvalue weighted by Crippen LogP contribution is 2.26. The molecule has 0 radical (unpaired) electrons. The lowest BCUT2D eigenvalue weighted by Crippen LogP contribution is -2.15. The van der Waals surface area contributed by atoms with E-state index in [0.29, 0.717) is 5.69 Å². The molecule has 6 heteroatoms. The molecule has 0 saturated heterocycles. The second-order valence-corrected chi connectivity index (χ2v) is 7.11. The maximum Gasteiger partial charge on any atom is 0.236 e. The van der Waals surface area contributed by atoms with E-state index >= 15 is 0 Å². The van der Waals surface area contributed by atoms with Crippen LogP contribution in [0.5, 0.6) is 0 Å². The number of fused-ring (bicyclic) bond motifs is 1. The maximum absolute atomic E-state index is 12.3. The van der Waals surface area contributed by atoms with Crippen molar-refractivity contribution in [2.75, 3.05) is 10.0 Å². The molecule has 1 aliphatic rings. The first-order valence-electron chi connectivity index (χ1n) is 6.91. The van der Waals surface area contributed by atoms with E-state index in [4.69, 9.17) is 0 Å². The number of anilines is 2. The van der Waals surface area contributed by atoms with Gasteiger partial charge in [-0.15, -0.1) is 0 Å². The molecule has 2 N–H and O–H groups in total. The molecule has 0 unspecified atom stereocenters. The summed E-state index contributed by atoms with van der Waals surface area (Å²) < 4.78 is 27.2. The van der Waals surface area contributed by atoms with Crippen LogP contribution in [-0.2, 0) is 27.0 Å². The van der Waals surface area contributed by atoms with Crippen LogP contribution in [0.1, 0.15) is 16.7 Å². The van der Waals surface area contributed by atoms with Gasteiger partial charge in [-0.3, -0.25) is 9.52 Å². The topological polar surface area (TPSA) is 75.3 Å². The van der Waals surface area contributed by atoms with Crippen molar-refractivity contribution >= 4 is 27.3 Å². The predicted molar refractivity (Wildman–Crippen MR) is 86.2 cm³/mol. The van der Waals surface area contributed by atoms with Gasteiger partial charge in [0.05, 0.1) is 12.2 Å². The third-order valence-corrected chi connectivity index (χ3v) is 4.85. The minimum absolute atomic E-state index is 0.0742. The zero-order valence-electron chi connectivity index (χ0n) is 12.1. The Balaban J connectivity index is 1.79. The lowest BCUT2D eigenvalue weighted by atomic mass is 10.1. The van der Waals surface area contributed by atoms with Crippen LogP contribution in [0.4, 0.5) is 11.4 Å². The highest BCUT2D eigenvalue weighted by Gasteiger charge is 2.19. The second kappa shape index (κ2) is 5.46. The highest BCUT2D eigenvalue weighted by molar-refractivity contribution is 7.91. The highest BCUT2D eigenvalue weighted by atomic mass is 32.2. The van der Waals surface area contributed by atoms with Gasteiger partial charge in [0.25, 0.3) is 0 Å². The molecule has 0 bridgehead atoms. The van der Waals surface area contributed by atoms with Crippen molar-refractivity contribution in [3.05, 3.63) is 59.2 Å². The fourth-order valence-corrected chi connectivity index (χ4v) is 3.78. The van der Waals surface area contributed by atoms with Crippen LogP contribution in [0.2, 0.25) is 0 Å². The van der Waals surface area contributed by atoms with Gasteiger partial charge in [0, 0.05) is 11.4 Å². The Morgan fingerprint density at radius 2 is 1.95 bits per heavy atom. The lowest BCUT2D eigenvalue weighted by Gasteiger charge is -2.10. The van der Waals surface area contributed by atoms with Gasteiger partial charge < -0.3 is 5.32 Å². The van der Waals surface area contributed by atoms with E-state index < -0.39 is 10.0 Å². The van der Waals surface area contributed by atoms with E-state index in [1.807, 2.05) is 25.1 Å². The largest absolute Gasteiger partial charge is 0.326 e. The van der Waals surface area contributed by atoms with Gasteiger partial charge in [0.15, 0.2) is 0 Å². The Bertz CT molecular complexity index is 844. The Morgan fingerprint density at radius 1 is 1.18 bits per heavy atom. The summed E-state index contributed by atoms with van der Waals surface area (Å²) in [5, 5.41) is 2.72.